The van der Waals surface area contributed by atoms with Gasteiger partial charge in [0.15, 0.2) is 0 Å². The van der Waals surface area contributed by atoms with E-state index in [-0.39, 0.29) is 0 Å². The highest BCUT2D eigenvalue weighted by atomic mass is 32.1. The number of para-hydroxylation sites is 1. The van der Waals surface area contributed by atoms with Gasteiger partial charge in [-0.1, -0.05) is 32.0 Å². The van der Waals surface area contributed by atoms with E-state index in [9.17, 15) is 5.11 Å². The Morgan fingerprint density at radius 3 is 2.61 bits per heavy atom. The Morgan fingerprint density at radius 2 is 1.96 bits per heavy atom. The van der Waals surface area contributed by atoms with Gasteiger partial charge in [0.25, 0.3) is 0 Å². The second kappa shape index (κ2) is 9.06. The number of nitrogens with zero attached hydrogens (tertiary/aromatic N) is 1. The van der Waals surface area contributed by atoms with Crippen LogP contribution in [-0.4, -0.2) is 35.8 Å². The van der Waals surface area contributed by atoms with Crippen LogP contribution in [0.15, 0.2) is 41.1 Å². The first-order valence-corrected chi connectivity index (χ1v) is 9.08. The van der Waals surface area contributed by atoms with Crippen molar-refractivity contribution in [2.45, 2.75) is 33.4 Å². The van der Waals surface area contributed by atoms with Gasteiger partial charge < -0.3 is 9.84 Å². The maximum atomic E-state index is 10.3. The Labute approximate surface area is 143 Å². The zero-order valence-corrected chi connectivity index (χ0v) is 15.1. The number of thiophene rings is 1. The summed E-state index contributed by atoms with van der Waals surface area (Å²) in [7, 11) is 0. The zero-order chi connectivity index (χ0) is 16.7. The van der Waals surface area contributed by atoms with Crippen LogP contribution in [0, 0.1) is 12.8 Å². The third kappa shape index (κ3) is 6.34. The lowest BCUT2D eigenvalue weighted by Crippen LogP contribution is -2.37. The van der Waals surface area contributed by atoms with Crippen LogP contribution in [-0.2, 0) is 6.54 Å². The van der Waals surface area contributed by atoms with Crippen LogP contribution in [0.4, 0.5) is 0 Å². The van der Waals surface area contributed by atoms with Gasteiger partial charge in [-0.2, -0.15) is 11.3 Å². The van der Waals surface area contributed by atoms with Gasteiger partial charge in [0.1, 0.15) is 18.5 Å². The van der Waals surface area contributed by atoms with E-state index in [2.05, 4.69) is 35.6 Å². The molecule has 2 aromatic rings. The highest BCUT2D eigenvalue weighted by molar-refractivity contribution is 7.07. The summed E-state index contributed by atoms with van der Waals surface area (Å²) in [5, 5.41) is 14.6. The van der Waals surface area contributed by atoms with E-state index in [0.29, 0.717) is 19.1 Å². The molecule has 0 amide bonds. The van der Waals surface area contributed by atoms with Crippen molar-refractivity contribution in [3.63, 3.8) is 0 Å². The van der Waals surface area contributed by atoms with E-state index in [1.165, 1.54) is 5.56 Å². The van der Waals surface area contributed by atoms with Crippen LogP contribution in [0.1, 0.15) is 25.0 Å². The second-order valence-corrected chi connectivity index (χ2v) is 7.23. The highest BCUT2D eigenvalue weighted by Gasteiger charge is 2.15. The number of hydrogen-bond acceptors (Lipinski definition) is 4. The van der Waals surface area contributed by atoms with E-state index < -0.39 is 6.10 Å². The first-order valence-electron chi connectivity index (χ1n) is 8.14. The maximum Gasteiger partial charge on any atom is 0.122 e. The standard InChI is InChI=1S/C19H27NO2S/c1-15(2)10-20(11-17-8-9-23-14-17)12-18(21)13-22-19-7-5-4-6-16(19)3/h4-9,14-15,18,21H,10-13H2,1-3H3/t18-/m1/s1. The summed E-state index contributed by atoms with van der Waals surface area (Å²) >= 11 is 1.71. The fourth-order valence-corrected chi connectivity index (χ4v) is 3.28. The molecule has 1 aromatic carbocycles. The van der Waals surface area contributed by atoms with Crippen molar-refractivity contribution >= 4 is 11.3 Å². The zero-order valence-electron chi connectivity index (χ0n) is 14.2. The fourth-order valence-electron chi connectivity index (χ4n) is 2.62. The van der Waals surface area contributed by atoms with Crippen molar-refractivity contribution in [1.29, 1.82) is 0 Å². The molecule has 1 N–H and O–H groups in total. The number of aliphatic hydroxyl groups excluding tert-OH is 1. The molecule has 0 aliphatic heterocycles. The molecule has 1 aromatic heterocycles. The van der Waals surface area contributed by atoms with Gasteiger partial charge in [-0.15, -0.1) is 0 Å². The van der Waals surface area contributed by atoms with E-state index in [1.807, 2.05) is 31.2 Å². The Kier molecular flexibility index (Phi) is 7.09. The van der Waals surface area contributed by atoms with Crippen LogP contribution >= 0.6 is 11.3 Å². The number of aliphatic hydroxyl groups is 1. The molecule has 0 saturated carbocycles. The third-order valence-electron chi connectivity index (χ3n) is 3.60. The molecule has 4 heteroatoms. The SMILES string of the molecule is Cc1ccccc1OC[C@H](O)CN(Cc1ccsc1)CC(C)C. The van der Waals surface area contributed by atoms with Crippen molar-refractivity contribution in [3.05, 3.63) is 52.2 Å². The van der Waals surface area contributed by atoms with Gasteiger partial charge in [0.2, 0.25) is 0 Å². The molecule has 1 heterocycles. The van der Waals surface area contributed by atoms with Crippen LogP contribution < -0.4 is 4.74 Å². The molecule has 23 heavy (non-hydrogen) atoms. The lowest BCUT2D eigenvalue weighted by molar-refractivity contribution is 0.0613. The molecule has 2 rings (SSSR count). The first kappa shape index (κ1) is 18.0. The quantitative estimate of drug-likeness (QED) is 0.754. The molecule has 0 unspecified atom stereocenters. The molecule has 0 saturated heterocycles. The van der Waals surface area contributed by atoms with Crippen molar-refractivity contribution in [1.82, 2.24) is 4.90 Å². The number of hydrogen-bond donors (Lipinski definition) is 1. The van der Waals surface area contributed by atoms with Crippen molar-refractivity contribution < 1.29 is 9.84 Å². The number of rotatable bonds is 9. The van der Waals surface area contributed by atoms with E-state index in [1.54, 1.807) is 11.3 Å². The second-order valence-electron chi connectivity index (χ2n) is 6.45. The summed E-state index contributed by atoms with van der Waals surface area (Å²) in [5.41, 5.74) is 2.40. The summed E-state index contributed by atoms with van der Waals surface area (Å²) in [6.45, 7) is 9.22. The topological polar surface area (TPSA) is 32.7 Å². The van der Waals surface area contributed by atoms with Crippen LogP contribution in [0.3, 0.4) is 0 Å². The molecule has 126 valence electrons. The monoisotopic (exact) mass is 333 g/mol. The van der Waals surface area contributed by atoms with Gasteiger partial charge in [0, 0.05) is 19.6 Å². The Morgan fingerprint density at radius 1 is 1.17 bits per heavy atom. The summed E-state index contributed by atoms with van der Waals surface area (Å²) in [5.74, 6) is 1.41. The smallest absolute Gasteiger partial charge is 0.122 e. The summed E-state index contributed by atoms with van der Waals surface area (Å²) in [6, 6.07) is 10.1. The van der Waals surface area contributed by atoms with Gasteiger partial charge >= 0.3 is 0 Å². The van der Waals surface area contributed by atoms with Crippen molar-refractivity contribution in [3.8, 4) is 5.75 Å². The Balaban J connectivity index is 1.86. The summed E-state index contributed by atoms with van der Waals surface area (Å²) in [6.07, 6.45) is -0.494. The fraction of sp³-hybridized carbons (Fsp3) is 0.474. The summed E-state index contributed by atoms with van der Waals surface area (Å²) in [4.78, 5) is 2.30. The molecule has 0 radical (unpaired) electrons. The molecule has 0 aliphatic carbocycles. The molecular weight excluding hydrogens is 306 g/mol. The van der Waals surface area contributed by atoms with Crippen LogP contribution in [0.5, 0.6) is 5.75 Å². The maximum absolute atomic E-state index is 10.3. The molecule has 0 aliphatic rings. The van der Waals surface area contributed by atoms with Crippen LogP contribution in [0.25, 0.3) is 0 Å². The third-order valence-corrected chi connectivity index (χ3v) is 4.34. The Hall–Kier alpha value is -1.36. The van der Waals surface area contributed by atoms with Gasteiger partial charge in [-0.3, -0.25) is 4.90 Å². The van der Waals surface area contributed by atoms with Crippen molar-refractivity contribution in [2.24, 2.45) is 5.92 Å². The number of aryl methyl sites for hydroxylation is 1. The Bertz CT molecular complexity index is 569. The van der Waals surface area contributed by atoms with E-state index >= 15 is 0 Å². The lowest BCUT2D eigenvalue weighted by atomic mass is 10.2. The minimum absolute atomic E-state index is 0.323. The van der Waals surface area contributed by atoms with E-state index in [4.69, 9.17) is 4.74 Å². The van der Waals surface area contributed by atoms with Gasteiger partial charge in [0.05, 0.1) is 0 Å². The molecular formula is C19H27NO2S. The predicted molar refractivity (Wildman–Crippen MR) is 97.1 cm³/mol. The molecule has 1 atom stereocenters. The minimum Gasteiger partial charge on any atom is -0.491 e. The molecule has 0 fully saturated rings. The molecule has 3 nitrogen and oxygen atoms in total. The van der Waals surface area contributed by atoms with Crippen molar-refractivity contribution in [2.75, 3.05) is 19.7 Å². The van der Waals surface area contributed by atoms with E-state index in [0.717, 1.165) is 24.4 Å². The first-order chi connectivity index (χ1) is 11.0. The predicted octanol–water partition coefficient (Wildman–Crippen LogP) is 3.95. The average Bonchev–Trinajstić information content (AvgIpc) is 2.98. The summed E-state index contributed by atoms with van der Waals surface area (Å²) < 4.78 is 5.77. The largest absolute Gasteiger partial charge is 0.491 e. The number of benzene rings is 1. The molecule has 0 bridgehead atoms. The minimum atomic E-state index is -0.494. The highest BCUT2D eigenvalue weighted by Crippen LogP contribution is 2.17. The number of ether oxygens (including phenoxy) is 1. The van der Waals surface area contributed by atoms with Gasteiger partial charge in [-0.25, -0.2) is 0 Å². The normalized spacial score (nSPS) is 12.8. The average molecular weight is 333 g/mol. The van der Waals surface area contributed by atoms with Gasteiger partial charge in [-0.05, 0) is 46.9 Å². The molecule has 0 spiro atoms. The lowest BCUT2D eigenvalue weighted by Gasteiger charge is -2.26. The van der Waals surface area contributed by atoms with Crippen LogP contribution in [0.2, 0.25) is 0 Å².